The SMILES string of the molecule is CCCOCCOc1c(CNC2CC2)cccc1OCC. The maximum atomic E-state index is 5.93. The first kappa shape index (κ1) is 16.1. The lowest BCUT2D eigenvalue weighted by Crippen LogP contribution is -2.17. The average Bonchev–Trinajstić information content (AvgIpc) is 3.31. The van der Waals surface area contributed by atoms with Crippen LogP contribution in [0.15, 0.2) is 18.2 Å². The molecule has 0 spiro atoms. The molecule has 1 fully saturated rings. The van der Waals surface area contributed by atoms with Crippen molar-refractivity contribution in [3.8, 4) is 11.5 Å². The van der Waals surface area contributed by atoms with Crippen LogP contribution < -0.4 is 14.8 Å². The summed E-state index contributed by atoms with van der Waals surface area (Å²) in [6.07, 6.45) is 3.60. The van der Waals surface area contributed by atoms with E-state index in [1.807, 2.05) is 19.1 Å². The van der Waals surface area contributed by atoms with E-state index in [4.69, 9.17) is 14.2 Å². The summed E-state index contributed by atoms with van der Waals surface area (Å²) < 4.78 is 17.1. The maximum absolute atomic E-state index is 5.93. The van der Waals surface area contributed by atoms with Crippen LogP contribution in [0.2, 0.25) is 0 Å². The first-order valence-corrected chi connectivity index (χ1v) is 8.03. The van der Waals surface area contributed by atoms with Gasteiger partial charge >= 0.3 is 0 Å². The normalized spacial score (nSPS) is 14.2. The molecular weight excluding hydrogens is 266 g/mol. The molecule has 0 saturated heterocycles. The Morgan fingerprint density at radius 3 is 2.67 bits per heavy atom. The standard InChI is InChI=1S/C17H27NO3/c1-3-10-19-11-12-21-17-14(13-18-15-8-9-15)6-5-7-16(17)20-4-2/h5-7,15,18H,3-4,8-13H2,1-2H3. The molecule has 1 aromatic carbocycles. The van der Waals surface area contributed by atoms with Crippen molar-refractivity contribution in [1.82, 2.24) is 5.32 Å². The highest BCUT2D eigenvalue weighted by Crippen LogP contribution is 2.32. The van der Waals surface area contributed by atoms with Crippen molar-refractivity contribution in [2.45, 2.75) is 45.7 Å². The number of hydrogen-bond donors (Lipinski definition) is 1. The molecule has 21 heavy (non-hydrogen) atoms. The molecule has 0 unspecified atom stereocenters. The van der Waals surface area contributed by atoms with E-state index >= 15 is 0 Å². The molecule has 0 aromatic heterocycles. The Morgan fingerprint density at radius 2 is 1.95 bits per heavy atom. The smallest absolute Gasteiger partial charge is 0.165 e. The molecule has 0 bridgehead atoms. The highest BCUT2D eigenvalue weighted by Gasteiger charge is 2.21. The second-order valence-corrected chi connectivity index (χ2v) is 5.29. The lowest BCUT2D eigenvalue weighted by atomic mass is 10.2. The van der Waals surface area contributed by atoms with E-state index in [0.717, 1.165) is 36.6 Å². The van der Waals surface area contributed by atoms with E-state index in [-0.39, 0.29) is 0 Å². The summed E-state index contributed by atoms with van der Waals surface area (Å²) in [5.41, 5.74) is 1.16. The molecule has 1 aromatic rings. The molecule has 1 N–H and O–H groups in total. The fraction of sp³-hybridized carbons (Fsp3) is 0.647. The van der Waals surface area contributed by atoms with Crippen molar-refractivity contribution < 1.29 is 14.2 Å². The van der Waals surface area contributed by atoms with Crippen molar-refractivity contribution >= 4 is 0 Å². The predicted molar refractivity (Wildman–Crippen MR) is 84.1 cm³/mol. The molecule has 0 aliphatic heterocycles. The predicted octanol–water partition coefficient (Wildman–Crippen LogP) is 3.14. The van der Waals surface area contributed by atoms with Gasteiger partial charge in [-0.2, -0.15) is 0 Å². The molecule has 118 valence electrons. The quantitative estimate of drug-likeness (QED) is 0.636. The second kappa shape index (κ2) is 8.90. The molecule has 4 nitrogen and oxygen atoms in total. The number of hydrogen-bond acceptors (Lipinski definition) is 4. The molecular formula is C17H27NO3. The summed E-state index contributed by atoms with van der Waals surface area (Å²) in [5.74, 6) is 1.68. The summed E-state index contributed by atoms with van der Waals surface area (Å²) in [6, 6.07) is 6.77. The molecule has 1 aliphatic carbocycles. The largest absolute Gasteiger partial charge is 0.490 e. The van der Waals surface area contributed by atoms with Gasteiger partial charge in [0.2, 0.25) is 0 Å². The summed E-state index contributed by atoms with van der Waals surface area (Å²) in [6.45, 7) is 7.52. The number of ether oxygens (including phenoxy) is 3. The number of benzene rings is 1. The Morgan fingerprint density at radius 1 is 1.10 bits per heavy atom. The van der Waals surface area contributed by atoms with Gasteiger partial charge in [0.1, 0.15) is 6.61 Å². The third kappa shape index (κ3) is 5.56. The van der Waals surface area contributed by atoms with Crippen LogP contribution in [0.4, 0.5) is 0 Å². The van der Waals surface area contributed by atoms with Crippen molar-refractivity contribution in [2.75, 3.05) is 26.4 Å². The van der Waals surface area contributed by atoms with Crippen LogP contribution in [-0.4, -0.2) is 32.5 Å². The number of para-hydroxylation sites is 1. The Balaban J connectivity index is 1.94. The Bertz CT molecular complexity index is 418. The minimum atomic E-state index is 0.556. The maximum Gasteiger partial charge on any atom is 0.165 e. The molecule has 1 saturated carbocycles. The molecule has 1 aliphatic rings. The van der Waals surface area contributed by atoms with Crippen molar-refractivity contribution in [1.29, 1.82) is 0 Å². The highest BCUT2D eigenvalue weighted by molar-refractivity contribution is 5.46. The molecule has 0 amide bonds. The lowest BCUT2D eigenvalue weighted by Gasteiger charge is -2.16. The van der Waals surface area contributed by atoms with Crippen LogP contribution in [-0.2, 0) is 11.3 Å². The molecule has 0 radical (unpaired) electrons. The second-order valence-electron chi connectivity index (χ2n) is 5.29. The van der Waals surface area contributed by atoms with Crippen molar-refractivity contribution in [3.05, 3.63) is 23.8 Å². The van der Waals surface area contributed by atoms with Gasteiger partial charge in [0.15, 0.2) is 11.5 Å². The molecule has 0 heterocycles. The molecule has 0 atom stereocenters. The van der Waals surface area contributed by atoms with Crippen LogP contribution in [0.1, 0.15) is 38.7 Å². The van der Waals surface area contributed by atoms with Gasteiger partial charge in [-0.1, -0.05) is 19.1 Å². The van der Waals surface area contributed by atoms with Crippen LogP contribution in [0, 0.1) is 0 Å². The fourth-order valence-electron chi connectivity index (χ4n) is 2.12. The van der Waals surface area contributed by atoms with Crippen molar-refractivity contribution in [3.63, 3.8) is 0 Å². The molecule has 2 rings (SSSR count). The minimum Gasteiger partial charge on any atom is -0.490 e. The zero-order valence-corrected chi connectivity index (χ0v) is 13.2. The Hall–Kier alpha value is -1.26. The van der Waals surface area contributed by atoms with Crippen LogP contribution in [0.25, 0.3) is 0 Å². The zero-order chi connectivity index (χ0) is 14.9. The monoisotopic (exact) mass is 293 g/mol. The van der Waals surface area contributed by atoms with Gasteiger partial charge in [-0.25, -0.2) is 0 Å². The van der Waals surface area contributed by atoms with Crippen molar-refractivity contribution in [2.24, 2.45) is 0 Å². The van der Waals surface area contributed by atoms with E-state index in [0.29, 0.717) is 25.9 Å². The van der Waals surface area contributed by atoms with Gasteiger partial charge in [-0.05, 0) is 32.3 Å². The summed E-state index contributed by atoms with van der Waals surface area (Å²) in [5, 5.41) is 3.53. The minimum absolute atomic E-state index is 0.556. The zero-order valence-electron chi connectivity index (χ0n) is 13.2. The van der Waals surface area contributed by atoms with E-state index in [9.17, 15) is 0 Å². The third-order valence-electron chi connectivity index (χ3n) is 3.34. The first-order valence-electron chi connectivity index (χ1n) is 8.03. The summed E-state index contributed by atoms with van der Waals surface area (Å²) >= 11 is 0. The Kier molecular flexibility index (Phi) is 6.83. The van der Waals surface area contributed by atoms with E-state index < -0.39 is 0 Å². The van der Waals surface area contributed by atoms with Gasteiger partial charge in [0, 0.05) is 24.8 Å². The lowest BCUT2D eigenvalue weighted by molar-refractivity contribution is 0.0988. The topological polar surface area (TPSA) is 39.7 Å². The third-order valence-corrected chi connectivity index (χ3v) is 3.34. The van der Waals surface area contributed by atoms with Crippen LogP contribution >= 0.6 is 0 Å². The van der Waals surface area contributed by atoms with Crippen LogP contribution in [0.3, 0.4) is 0 Å². The van der Waals surface area contributed by atoms with E-state index in [1.165, 1.54) is 12.8 Å². The first-order chi connectivity index (χ1) is 10.3. The average molecular weight is 293 g/mol. The van der Waals surface area contributed by atoms with Crippen LogP contribution in [0.5, 0.6) is 11.5 Å². The summed E-state index contributed by atoms with van der Waals surface area (Å²) in [7, 11) is 0. The molecule has 4 heteroatoms. The van der Waals surface area contributed by atoms with Gasteiger partial charge in [-0.3, -0.25) is 0 Å². The summed E-state index contributed by atoms with van der Waals surface area (Å²) in [4.78, 5) is 0. The van der Waals surface area contributed by atoms with Gasteiger partial charge in [0.05, 0.1) is 13.2 Å². The highest BCUT2D eigenvalue weighted by atomic mass is 16.5. The number of nitrogens with one attached hydrogen (secondary N) is 1. The van der Waals surface area contributed by atoms with E-state index in [2.05, 4.69) is 18.3 Å². The fourth-order valence-corrected chi connectivity index (χ4v) is 2.12. The Labute approximate surface area is 127 Å². The number of rotatable bonds is 11. The van der Waals surface area contributed by atoms with Gasteiger partial charge < -0.3 is 19.5 Å². The van der Waals surface area contributed by atoms with Gasteiger partial charge in [0.25, 0.3) is 0 Å². The van der Waals surface area contributed by atoms with Gasteiger partial charge in [-0.15, -0.1) is 0 Å². The van der Waals surface area contributed by atoms with E-state index in [1.54, 1.807) is 0 Å².